The van der Waals surface area contributed by atoms with Gasteiger partial charge in [0.2, 0.25) is 17.6 Å². The highest BCUT2D eigenvalue weighted by molar-refractivity contribution is 5.88. The molecular formula is C26H33FN6O5. The fourth-order valence-electron chi connectivity index (χ4n) is 4.29. The first-order valence-corrected chi connectivity index (χ1v) is 12.8. The Morgan fingerprint density at radius 3 is 2.76 bits per heavy atom. The number of nitrogens with one attached hydrogen (secondary N) is 1. The van der Waals surface area contributed by atoms with Crippen LogP contribution >= 0.6 is 0 Å². The van der Waals surface area contributed by atoms with Gasteiger partial charge in [0.25, 0.3) is 0 Å². The van der Waals surface area contributed by atoms with E-state index < -0.39 is 17.8 Å². The van der Waals surface area contributed by atoms with Gasteiger partial charge < -0.3 is 24.1 Å². The average molecular weight is 529 g/mol. The zero-order valence-electron chi connectivity index (χ0n) is 21.6. The molecule has 1 aliphatic heterocycles. The Kier molecular flexibility index (Phi) is 9.55. The van der Waals surface area contributed by atoms with Crippen LogP contribution < -0.4 is 5.32 Å². The Balaban J connectivity index is 1.56. The number of carbonyl (C=O) groups excluding carboxylic acids is 2. The number of furan rings is 1. The Labute approximate surface area is 220 Å². The van der Waals surface area contributed by atoms with Crippen LogP contribution in [0.5, 0.6) is 0 Å². The molecule has 1 aromatic carbocycles. The van der Waals surface area contributed by atoms with Gasteiger partial charge in [-0.3, -0.25) is 9.59 Å². The van der Waals surface area contributed by atoms with Crippen molar-refractivity contribution in [3.63, 3.8) is 0 Å². The van der Waals surface area contributed by atoms with Gasteiger partial charge in [0.15, 0.2) is 5.76 Å². The SMILES string of the molecule is CCOCCCN(C(=O)Cn1nnc(-c2ccc(C)o2)n1)[C@H](C(=O)NC[C@H]1CCCO1)c1ccc(F)cc1. The lowest BCUT2D eigenvalue weighted by Gasteiger charge is -2.31. The number of aryl methyl sites for hydroxylation is 1. The quantitative estimate of drug-likeness (QED) is 0.336. The second-order valence-corrected chi connectivity index (χ2v) is 9.03. The third-order valence-electron chi connectivity index (χ3n) is 6.18. The van der Waals surface area contributed by atoms with Crippen molar-refractivity contribution >= 4 is 11.8 Å². The van der Waals surface area contributed by atoms with E-state index in [2.05, 4.69) is 20.7 Å². The Morgan fingerprint density at radius 2 is 2.08 bits per heavy atom. The molecule has 4 rings (SSSR count). The molecule has 38 heavy (non-hydrogen) atoms. The molecule has 0 saturated carbocycles. The summed E-state index contributed by atoms with van der Waals surface area (Å²) in [4.78, 5) is 29.8. The van der Waals surface area contributed by atoms with E-state index in [-0.39, 0.29) is 30.9 Å². The van der Waals surface area contributed by atoms with Gasteiger partial charge in [-0.1, -0.05) is 12.1 Å². The molecule has 0 spiro atoms. The number of tetrazole rings is 1. The lowest BCUT2D eigenvalue weighted by Crippen LogP contribution is -2.47. The molecule has 1 saturated heterocycles. The highest BCUT2D eigenvalue weighted by atomic mass is 19.1. The predicted octanol–water partition coefficient (Wildman–Crippen LogP) is 2.67. The van der Waals surface area contributed by atoms with Crippen molar-refractivity contribution in [3.05, 3.63) is 53.5 Å². The molecule has 1 aliphatic rings. The molecule has 2 aromatic heterocycles. The van der Waals surface area contributed by atoms with E-state index in [1.807, 2.05) is 6.92 Å². The third-order valence-corrected chi connectivity index (χ3v) is 6.18. The van der Waals surface area contributed by atoms with E-state index in [9.17, 15) is 14.0 Å². The summed E-state index contributed by atoms with van der Waals surface area (Å²) in [6.07, 6.45) is 2.22. The fraction of sp³-hybridized carbons (Fsp3) is 0.500. The highest BCUT2D eigenvalue weighted by Crippen LogP contribution is 2.24. The van der Waals surface area contributed by atoms with Gasteiger partial charge in [-0.2, -0.15) is 4.80 Å². The molecule has 1 N–H and O–H groups in total. The number of hydrogen-bond donors (Lipinski definition) is 1. The summed E-state index contributed by atoms with van der Waals surface area (Å²) in [5.41, 5.74) is 0.485. The van der Waals surface area contributed by atoms with Crippen molar-refractivity contribution < 1.29 is 27.9 Å². The number of nitrogens with zero attached hydrogens (tertiary/aromatic N) is 5. The molecule has 0 unspecified atom stereocenters. The second kappa shape index (κ2) is 13.2. The normalized spacial score (nSPS) is 15.9. The summed E-state index contributed by atoms with van der Waals surface area (Å²) in [5, 5.41) is 15.2. The van der Waals surface area contributed by atoms with Crippen LogP contribution in [0.15, 0.2) is 40.8 Å². The smallest absolute Gasteiger partial charge is 0.247 e. The minimum Gasteiger partial charge on any atom is -0.458 e. The van der Waals surface area contributed by atoms with Crippen molar-refractivity contribution in [2.75, 3.05) is 32.9 Å². The first-order chi connectivity index (χ1) is 18.4. The first-order valence-electron chi connectivity index (χ1n) is 12.8. The number of aromatic nitrogens is 4. The molecule has 1 fully saturated rings. The van der Waals surface area contributed by atoms with Crippen LogP contribution in [0.4, 0.5) is 4.39 Å². The Bertz CT molecular complexity index is 1190. The number of ether oxygens (including phenoxy) is 2. The van der Waals surface area contributed by atoms with Gasteiger partial charge in [-0.25, -0.2) is 4.39 Å². The number of rotatable bonds is 13. The molecule has 12 heteroatoms. The summed E-state index contributed by atoms with van der Waals surface area (Å²) in [7, 11) is 0. The number of carbonyl (C=O) groups is 2. The standard InChI is InChI=1S/C26H33FN6O5/c1-3-36-14-5-13-32(23(34)17-33-30-25(29-31-33)22-12-7-18(2)38-22)24(19-8-10-20(27)11-9-19)26(35)28-16-21-6-4-15-37-21/h7-12,21,24H,3-6,13-17H2,1-2H3,(H,28,35)/t21-,24+/m1/s1. The van der Waals surface area contributed by atoms with Gasteiger partial charge in [-0.15, -0.1) is 10.2 Å². The molecule has 2 atom stereocenters. The second-order valence-electron chi connectivity index (χ2n) is 9.03. The van der Waals surface area contributed by atoms with Crippen molar-refractivity contribution in [2.45, 2.75) is 51.8 Å². The van der Waals surface area contributed by atoms with Crippen LogP contribution in [0.1, 0.15) is 43.6 Å². The van der Waals surface area contributed by atoms with E-state index in [1.165, 1.54) is 29.2 Å². The van der Waals surface area contributed by atoms with E-state index >= 15 is 0 Å². The number of amides is 2. The maximum atomic E-state index is 13.7. The van der Waals surface area contributed by atoms with Crippen LogP contribution in [0, 0.1) is 12.7 Å². The number of benzene rings is 1. The largest absolute Gasteiger partial charge is 0.458 e. The van der Waals surface area contributed by atoms with Gasteiger partial charge in [0, 0.05) is 32.9 Å². The number of hydrogen-bond acceptors (Lipinski definition) is 8. The topological polar surface area (TPSA) is 125 Å². The van der Waals surface area contributed by atoms with Gasteiger partial charge >= 0.3 is 0 Å². The van der Waals surface area contributed by atoms with Gasteiger partial charge in [-0.05, 0) is 68.2 Å². The molecule has 204 valence electrons. The third kappa shape index (κ3) is 7.23. The minimum atomic E-state index is -0.998. The minimum absolute atomic E-state index is 0.0714. The Hall–Kier alpha value is -3.64. The van der Waals surface area contributed by atoms with Crippen LogP contribution in [0.25, 0.3) is 11.6 Å². The van der Waals surface area contributed by atoms with Crippen molar-refractivity contribution in [1.82, 2.24) is 30.4 Å². The van der Waals surface area contributed by atoms with E-state index in [0.717, 1.165) is 17.6 Å². The molecule has 3 aromatic rings. The van der Waals surface area contributed by atoms with Gasteiger partial charge in [0.1, 0.15) is 24.2 Å². The van der Waals surface area contributed by atoms with Crippen LogP contribution in [0.3, 0.4) is 0 Å². The predicted molar refractivity (Wildman–Crippen MR) is 134 cm³/mol. The maximum absolute atomic E-state index is 13.7. The molecule has 2 amide bonds. The molecule has 0 bridgehead atoms. The van der Waals surface area contributed by atoms with Crippen LogP contribution in [-0.4, -0.2) is 75.9 Å². The lowest BCUT2D eigenvalue weighted by atomic mass is 10.0. The molecule has 3 heterocycles. The first kappa shape index (κ1) is 27.4. The summed E-state index contributed by atoms with van der Waals surface area (Å²) in [6, 6.07) is 8.08. The van der Waals surface area contributed by atoms with Crippen LogP contribution in [0.2, 0.25) is 0 Å². The van der Waals surface area contributed by atoms with Crippen molar-refractivity contribution in [1.29, 1.82) is 0 Å². The van der Waals surface area contributed by atoms with Crippen molar-refractivity contribution in [3.8, 4) is 11.6 Å². The van der Waals surface area contributed by atoms with E-state index in [0.29, 0.717) is 49.9 Å². The maximum Gasteiger partial charge on any atom is 0.247 e. The summed E-state index contributed by atoms with van der Waals surface area (Å²) < 4.78 is 30.4. The summed E-state index contributed by atoms with van der Waals surface area (Å²) in [5.74, 6) is 0.168. The highest BCUT2D eigenvalue weighted by Gasteiger charge is 2.32. The lowest BCUT2D eigenvalue weighted by molar-refractivity contribution is -0.142. The number of halogens is 1. The van der Waals surface area contributed by atoms with E-state index in [4.69, 9.17) is 13.9 Å². The molecular weight excluding hydrogens is 495 g/mol. The molecule has 0 aliphatic carbocycles. The van der Waals surface area contributed by atoms with Gasteiger partial charge in [0.05, 0.1) is 6.10 Å². The molecule has 0 radical (unpaired) electrons. The van der Waals surface area contributed by atoms with E-state index in [1.54, 1.807) is 19.1 Å². The summed E-state index contributed by atoms with van der Waals surface area (Å²) >= 11 is 0. The fourth-order valence-corrected chi connectivity index (χ4v) is 4.29. The van der Waals surface area contributed by atoms with Crippen LogP contribution in [-0.2, 0) is 25.6 Å². The molecule has 11 nitrogen and oxygen atoms in total. The Morgan fingerprint density at radius 1 is 1.26 bits per heavy atom. The average Bonchev–Trinajstić information content (AvgIpc) is 3.68. The summed E-state index contributed by atoms with van der Waals surface area (Å²) in [6.45, 7) is 5.61. The monoisotopic (exact) mass is 528 g/mol. The zero-order valence-corrected chi connectivity index (χ0v) is 21.6. The van der Waals surface area contributed by atoms with Crippen molar-refractivity contribution in [2.24, 2.45) is 0 Å². The zero-order chi connectivity index (χ0) is 26.9.